The maximum atomic E-state index is 12.9. The highest BCUT2D eigenvalue weighted by molar-refractivity contribution is 8.00. The third kappa shape index (κ3) is 5.07. The number of fused-ring (bicyclic) bond motifs is 1. The number of thiazole rings is 1. The number of aliphatic hydroxyl groups is 1. The molecule has 0 spiro atoms. The summed E-state index contributed by atoms with van der Waals surface area (Å²) in [6, 6.07) is 11.1. The molecule has 156 valence electrons. The summed E-state index contributed by atoms with van der Waals surface area (Å²) in [5.41, 5.74) is 1.38. The molecule has 0 atom stereocenters. The number of oxime groups is 1. The van der Waals surface area contributed by atoms with Crippen molar-refractivity contribution in [3.8, 4) is 5.88 Å². The Bertz CT molecular complexity index is 1060. The Morgan fingerprint density at radius 1 is 1.27 bits per heavy atom. The Kier molecular flexibility index (Phi) is 6.46. The fraction of sp³-hybridized carbons (Fsp3) is 0.300. The number of pyridine rings is 1. The van der Waals surface area contributed by atoms with Crippen molar-refractivity contribution in [2.75, 3.05) is 25.6 Å². The van der Waals surface area contributed by atoms with Crippen LogP contribution in [0.3, 0.4) is 0 Å². The number of aliphatic hydroxyl groups excluding tert-OH is 1. The van der Waals surface area contributed by atoms with Crippen LogP contribution in [0.2, 0.25) is 0 Å². The summed E-state index contributed by atoms with van der Waals surface area (Å²) in [5, 5.41) is 16.7. The van der Waals surface area contributed by atoms with E-state index < -0.39 is 5.91 Å². The Morgan fingerprint density at radius 3 is 2.77 bits per heavy atom. The molecule has 1 saturated carbocycles. The lowest BCUT2D eigenvalue weighted by Crippen LogP contribution is -2.24. The molecule has 2 aromatic heterocycles. The molecule has 1 aliphatic rings. The highest BCUT2D eigenvalue weighted by atomic mass is 32.2. The number of methoxy groups -OCH3 is 1. The van der Waals surface area contributed by atoms with Gasteiger partial charge in [0.1, 0.15) is 17.0 Å². The molecular weight excluding hydrogens is 424 g/mol. The Labute approximate surface area is 181 Å². The zero-order valence-electron chi connectivity index (χ0n) is 16.2. The van der Waals surface area contributed by atoms with Gasteiger partial charge in [0.15, 0.2) is 10.8 Å². The minimum absolute atomic E-state index is 0.00273. The topological polar surface area (TPSA) is 106 Å². The van der Waals surface area contributed by atoms with Gasteiger partial charge in [-0.3, -0.25) is 10.1 Å². The summed E-state index contributed by atoms with van der Waals surface area (Å²) in [7, 11) is 1.54. The van der Waals surface area contributed by atoms with E-state index in [9.17, 15) is 4.79 Å². The van der Waals surface area contributed by atoms with Crippen molar-refractivity contribution in [3.05, 3.63) is 42.0 Å². The summed E-state index contributed by atoms with van der Waals surface area (Å²) in [6.45, 7) is -0.196. The second kappa shape index (κ2) is 9.41. The van der Waals surface area contributed by atoms with Gasteiger partial charge in [-0.15, -0.1) is 11.8 Å². The van der Waals surface area contributed by atoms with E-state index in [0.29, 0.717) is 32.2 Å². The van der Waals surface area contributed by atoms with Gasteiger partial charge in [0.05, 0.1) is 13.7 Å². The van der Waals surface area contributed by atoms with Crippen molar-refractivity contribution in [1.29, 1.82) is 0 Å². The number of nitrogens with one attached hydrogen (secondary N) is 1. The highest BCUT2D eigenvalue weighted by Crippen LogP contribution is 2.39. The van der Waals surface area contributed by atoms with Crippen LogP contribution < -0.4 is 10.1 Å². The van der Waals surface area contributed by atoms with Crippen LogP contribution in [0.25, 0.3) is 10.3 Å². The molecule has 1 amide bonds. The lowest BCUT2D eigenvalue weighted by molar-refractivity contribution is -0.110. The van der Waals surface area contributed by atoms with Crippen LogP contribution >= 0.6 is 23.1 Å². The summed E-state index contributed by atoms with van der Waals surface area (Å²) >= 11 is 3.08. The van der Waals surface area contributed by atoms with Gasteiger partial charge >= 0.3 is 0 Å². The van der Waals surface area contributed by atoms with Crippen LogP contribution in [0.15, 0.2) is 46.4 Å². The van der Waals surface area contributed by atoms with Gasteiger partial charge in [-0.2, -0.15) is 0 Å². The monoisotopic (exact) mass is 444 g/mol. The Balaban J connectivity index is 1.53. The van der Waals surface area contributed by atoms with E-state index in [-0.39, 0.29) is 18.9 Å². The van der Waals surface area contributed by atoms with Crippen molar-refractivity contribution in [2.24, 2.45) is 5.16 Å². The van der Waals surface area contributed by atoms with Crippen LogP contribution in [-0.4, -0.2) is 52.3 Å². The normalized spacial score (nSPS) is 14.0. The standard InChI is InChI=1S/C20H20N4O4S2/c1-27-16-9-8-15-19(22-16)30-20(21-15)23-18(26)17(24-28-11-10-25)12-2-4-13(5-3-12)29-14-6-7-14/h2-5,8-9,14,25H,6-7,10-11H2,1H3,(H,21,23,26)/b24-17+. The van der Waals surface area contributed by atoms with Gasteiger partial charge in [-0.25, -0.2) is 9.97 Å². The molecule has 4 rings (SSSR count). The maximum Gasteiger partial charge on any atom is 0.280 e. The van der Waals surface area contributed by atoms with Crippen LogP contribution in [0.5, 0.6) is 5.88 Å². The molecule has 30 heavy (non-hydrogen) atoms. The molecule has 10 heteroatoms. The first-order valence-electron chi connectivity index (χ1n) is 9.37. The minimum Gasteiger partial charge on any atom is -0.481 e. The smallest absolute Gasteiger partial charge is 0.280 e. The summed E-state index contributed by atoms with van der Waals surface area (Å²) in [5.74, 6) is 0.0226. The largest absolute Gasteiger partial charge is 0.481 e. The van der Waals surface area contributed by atoms with E-state index in [4.69, 9.17) is 14.7 Å². The second-order valence-electron chi connectivity index (χ2n) is 6.49. The quantitative estimate of drug-likeness (QED) is 0.296. The number of thioether (sulfide) groups is 1. The van der Waals surface area contributed by atoms with E-state index in [0.717, 1.165) is 4.90 Å². The first kappa shape index (κ1) is 20.6. The van der Waals surface area contributed by atoms with Gasteiger partial charge < -0.3 is 14.7 Å². The third-order valence-electron chi connectivity index (χ3n) is 4.17. The van der Waals surface area contributed by atoms with Gasteiger partial charge in [-0.05, 0) is 31.0 Å². The lowest BCUT2D eigenvalue weighted by atomic mass is 10.1. The van der Waals surface area contributed by atoms with E-state index in [1.807, 2.05) is 36.0 Å². The Morgan fingerprint density at radius 2 is 2.07 bits per heavy atom. The predicted molar refractivity (Wildman–Crippen MR) is 117 cm³/mol. The van der Waals surface area contributed by atoms with E-state index >= 15 is 0 Å². The molecule has 8 nitrogen and oxygen atoms in total. The molecule has 0 aliphatic heterocycles. The molecule has 0 saturated heterocycles. The summed E-state index contributed by atoms with van der Waals surface area (Å²) in [6.07, 6.45) is 2.50. The number of hydrogen-bond donors (Lipinski definition) is 2. The summed E-state index contributed by atoms with van der Waals surface area (Å²) in [4.78, 5) is 28.5. The van der Waals surface area contributed by atoms with E-state index in [1.165, 1.54) is 24.2 Å². The number of rotatable bonds is 9. The van der Waals surface area contributed by atoms with Crippen LogP contribution in [0.4, 0.5) is 5.13 Å². The van der Waals surface area contributed by atoms with Gasteiger partial charge in [0.2, 0.25) is 5.88 Å². The number of aromatic nitrogens is 2. The molecule has 0 radical (unpaired) electrons. The fourth-order valence-electron chi connectivity index (χ4n) is 2.57. The number of carbonyl (C=O) groups excluding carboxylic acids is 1. The van der Waals surface area contributed by atoms with Crippen molar-refractivity contribution in [1.82, 2.24) is 9.97 Å². The van der Waals surface area contributed by atoms with E-state index in [2.05, 4.69) is 20.4 Å². The van der Waals surface area contributed by atoms with Crippen LogP contribution in [0.1, 0.15) is 18.4 Å². The number of nitrogens with zero attached hydrogens (tertiary/aromatic N) is 3. The summed E-state index contributed by atoms with van der Waals surface area (Å²) < 4.78 is 5.12. The zero-order chi connectivity index (χ0) is 20.9. The third-order valence-corrected chi connectivity index (χ3v) is 6.40. The molecule has 1 fully saturated rings. The maximum absolute atomic E-state index is 12.9. The molecule has 2 N–H and O–H groups in total. The number of amides is 1. The van der Waals surface area contributed by atoms with Crippen LogP contribution in [-0.2, 0) is 9.63 Å². The number of hydrogen-bond acceptors (Lipinski definition) is 9. The fourth-order valence-corrected chi connectivity index (χ4v) is 4.44. The molecule has 2 heterocycles. The zero-order valence-corrected chi connectivity index (χ0v) is 17.8. The number of carbonyl (C=O) groups is 1. The van der Waals surface area contributed by atoms with Crippen molar-refractivity contribution in [3.63, 3.8) is 0 Å². The molecule has 1 aliphatic carbocycles. The van der Waals surface area contributed by atoms with Gasteiger partial charge in [0.25, 0.3) is 5.91 Å². The molecule has 0 bridgehead atoms. The van der Waals surface area contributed by atoms with Crippen molar-refractivity contribution < 1.29 is 19.5 Å². The average Bonchev–Trinajstić information content (AvgIpc) is 3.48. The average molecular weight is 445 g/mol. The molecule has 0 unspecified atom stereocenters. The first-order valence-corrected chi connectivity index (χ1v) is 11.1. The van der Waals surface area contributed by atoms with Crippen LogP contribution in [0, 0.1) is 0 Å². The van der Waals surface area contributed by atoms with E-state index in [1.54, 1.807) is 19.2 Å². The van der Waals surface area contributed by atoms with Crippen molar-refractivity contribution >= 4 is 50.2 Å². The van der Waals surface area contributed by atoms with Crippen molar-refractivity contribution in [2.45, 2.75) is 23.0 Å². The Hall–Kier alpha value is -2.69. The molecule has 3 aromatic rings. The minimum atomic E-state index is -0.457. The van der Waals surface area contributed by atoms with Gasteiger partial charge in [0, 0.05) is 21.8 Å². The SMILES string of the molecule is COc1ccc2nc(NC(=O)/C(=N/OCCO)c3ccc(SC4CC4)cc3)sc2n1. The second-order valence-corrected chi connectivity index (χ2v) is 8.84. The first-order chi connectivity index (χ1) is 14.7. The molecule has 1 aromatic carbocycles. The number of benzene rings is 1. The number of ether oxygens (including phenoxy) is 1. The predicted octanol–water partition coefficient (Wildman–Crippen LogP) is 3.31. The highest BCUT2D eigenvalue weighted by Gasteiger charge is 2.23. The number of anilines is 1. The van der Waals surface area contributed by atoms with Gasteiger partial charge in [-0.1, -0.05) is 28.6 Å². The lowest BCUT2D eigenvalue weighted by Gasteiger charge is -2.07. The molecular formula is C20H20N4O4S2.